The predicted molar refractivity (Wildman–Crippen MR) is 108 cm³/mol. The van der Waals surface area contributed by atoms with Crippen molar-refractivity contribution in [2.75, 3.05) is 0 Å². The molecule has 24 heavy (non-hydrogen) atoms. The Bertz CT molecular complexity index is 416. The average molecular weight is 331 g/mol. The number of rotatable bonds is 7. The van der Waals surface area contributed by atoms with Gasteiger partial charge in [-0.2, -0.15) is 0 Å². The number of hydrogen-bond acceptors (Lipinski definition) is 0. The Kier molecular flexibility index (Phi) is 8.11. The van der Waals surface area contributed by atoms with E-state index >= 15 is 0 Å². The van der Waals surface area contributed by atoms with E-state index in [2.05, 4.69) is 40.3 Å². The molecule has 0 heteroatoms. The van der Waals surface area contributed by atoms with Crippen molar-refractivity contribution in [3.05, 3.63) is 23.8 Å². The summed E-state index contributed by atoms with van der Waals surface area (Å²) in [4.78, 5) is 0. The predicted octanol–water partition coefficient (Wildman–Crippen LogP) is 7.95. The molecule has 0 aromatic carbocycles. The third-order valence-corrected chi connectivity index (χ3v) is 7.06. The van der Waals surface area contributed by atoms with Crippen LogP contribution in [-0.2, 0) is 0 Å². The van der Waals surface area contributed by atoms with E-state index in [1.54, 1.807) is 5.57 Å². The molecular formula is C24H42. The summed E-state index contributed by atoms with van der Waals surface area (Å²) < 4.78 is 0. The summed E-state index contributed by atoms with van der Waals surface area (Å²) in [6, 6.07) is 0. The highest BCUT2D eigenvalue weighted by molar-refractivity contribution is 5.01. The zero-order valence-corrected chi connectivity index (χ0v) is 16.9. The van der Waals surface area contributed by atoms with Gasteiger partial charge in [0.15, 0.2) is 0 Å². The summed E-state index contributed by atoms with van der Waals surface area (Å²) in [7, 11) is 0. The SMILES string of the molecule is C=C(C)C(CC[C@H]1CCC[C@@H](C/C(C)=C/C)C1)[C@@H]1CCC[C@H](C)C1. The van der Waals surface area contributed by atoms with E-state index in [1.807, 2.05) is 0 Å². The molecule has 0 heterocycles. The van der Waals surface area contributed by atoms with Crippen LogP contribution in [0.15, 0.2) is 23.8 Å². The van der Waals surface area contributed by atoms with Crippen LogP contribution in [0.5, 0.6) is 0 Å². The molecule has 2 aliphatic carbocycles. The largest absolute Gasteiger partial charge is 0.0999 e. The first-order chi connectivity index (χ1) is 11.5. The molecule has 0 radical (unpaired) electrons. The van der Waals surface area contributed by atoms with Crippen molar-refractivity contribution in [3.63, 3.8) is 0 Å². The van der Waals surface area contributed by atoms with Crippen LogP contribution in [0.1, 0.15) is 98.3 Å². The molecule has 0 spiro atoms. The maximum Gasteiger partial charge on any atom is -0.0180 e. The number of hydrogen-bond donors (Lipinski definition) is 0. The van der Waals surface area contributed by atoms with Crippen LogP contribution in [0, 0.1) is 29.6 Å². The Labute approximate surface area is 152 Å². The molecule has 0 aromatic rings. The van der Waals surface area contributed by atoms with Crippen molar-refractivity contribution >= 4 is 0 Å². The van der Waals surface area contributed by atoms with E-state index in [1.165, 1.54) is 76.2 Å². The summed E-state index contributed by atoms with van der Waals surface area (Å²) in [5.74, 6) is 4.60. The minimum absolute atomic E-state index is 0.797. The first-order valence-corrected chi connectivity index (χ1v) is 10.8. The van der Waals surface area contributed by atoms with Gasteiger partial charge in [0.05, 0.1) is 0 Å². The molecule has 0 saturated heterocycles. The van der Waals surface area contributed by atoms with Gasteiger partial charge in [-0.1, -0.05) is 62.8 Å². The molecule has 0 nitrogen and oxygen atoms in total. The molecule has 0 aliphatic heterocycles. The molecule has 0 aromatic heterocycles. The third-order valence-electron chi connectivity index (χ3n) is 7.06. The molecule has 138 valence electrons. The molecule has 2 rings (SSSR count). The van der Waals surface area contributed by atoms with Crippen molar-refractivity contribution in [3.8, 4) is 0 Å². The lowest BCUT2D eigenvalue weighted by Crippen LogP contribution is -2.24. The highest BCUT2D eigenvalue weighted by Crippen LogP contribution is 2.41. The van der Waals surface area contributed by atoms with Crippen molar-refractivity contribution in [2.45, 2.75) is 98.3 Å². The van der Waals surface area contributed by atoms with E-state index < -0.39 is 0 Å². The Balaban J connectivity index is 1.83. The van der Waals surface area contributed by atoms with E-state index in [0.29, 0.717) is 0 Å². The van der Waals surface area contributed by atoms with Gasteiger partial charge in [0, 0.05) is 0 Å². The zero-order valence-electron chi connectivity index (χ0n) is 16.9. The van der Waals surface area contributed by atoms with E-state index in [4.69, 9.17) is 0 Å². The first-order valence-electron chi connectivity index (χ1n) is 10.8. The van der Waals surface area contributed by atoms with E-state index in [0.717, 1.165) is 29.6 Å². The molecule has 0 N–H and O–H groups in total. The Hall–Kier alpha value is -0.520. The average Bonchev–Trinajstić information content (AvgIpc) is 2.55. The van der Waals surface area contributed by atoms with Crippen molar-refractivity contribution in [2.24, 2.45) is 29.6 Å². The third kappa shape index (κ3) is 6.08. The van der Waals surface area contributed by atoms with Gasteiger partial charge >= 0.3 is 0 Å². The second kappa shape index (κ2) is 9.83. The van der Waals surface area contributed by atoms with Gasteiger partial charge < -0.3 is 0 Å². The van der Waals surface area contributed by atoms with Gasteiger partial charge in [-0.15, -0.1) is 0 Å². The molecule has 0 bridgehead atoms. The zero-order chi connectivity index (χ0) is 17.5. The molecule has 0 amide bonds. The lowest BCUT2D eigenvalue weighted by atomic mass is 9.70. The summed E-state index contributed by atoms with van der Waals surface area (Å²) in [5, 5.41) is 0. The van der Waals surface area contributed by atoms with Gasteiger partial charge in [-0.05, 0) is 88.9 Å². The second-order valence-corrected chi connectivity index (χ2v) is 9.30. The molecule has 5 atom stereocenters. The van der Waals surface area contributed by atoms with Crippen LogP contribution in [0.3, 0.4) is 0 Å². The van der Waals surface area contributed by atoms with Crippen LogP contribution in [0.2, 0.25) is 0 Å². The highest BCUT2D eigenvalue weighted by Gasteiger charge is 2.29. The van der Waals surface area contributed by atoms with Gasteiger partial charge in [-0.25, -0.2) is 0 Å². The van der Waals surface area contributed by atoms with E-state index in [9.17, 15) is 0 Å². The van der Waals surface area contributed by atoms with Gasteiger partial charge in [0.2, 0.25) is 0 Å². The topological polar surface area (TPSA) is 0 Å². The molecule has 2 fully saturated rings. The standard InChI is InChI=1S/C24H42/c1-6-19(4)15-22-11-8-10-21(17-22)13-14-24(18(2)3)23-12-7-9-20(5)16-23/h6,20-24H,2,7-17H2,1,3-5H3/b19-6+/t20-,21+,22-,23+,24?/m0/s1. The summed E-state index contributed by atoms with van der Waals surface area (Å²) in [5.41, 5.74) is 3.06. The monoisotopic (exact) mass is 330 g/mol. The Morgan fingerprint density at radius 3 is 2.42 bits per heavy atom. The lowest BCUT2D eigenvalue weighted by Gasteiger charge is -2.36. The molecule has 2 aliphatic rings. The van der Waals surface area contributed by atoms with Crippen LogP contribution in [0.25, 0.3) is 0 Å². The van der Waals surface area contributed by atoms with Gasteiger partial charge in [0.1, 0.15) is 0 Å². The highest BCUT2D eigenvalue weighted by atomic mass is 14.3. The molecule has 2 saturated carbocycles. The molecular weight excluding hydrogens is 288 g/mol. The number of allylic oxidation sites excluding steroid dienone is 3. The van der Waals surface area contributed by atoms with Gasteiger partial charge in [0.25, 0.3) is 0 Å². The van der Waals surface area contributed by atoms with Crippen LogP contribution < -0.4 is 0 Å². The smallest absolute Gasteiger partial charge is 0.0180 e. The maximum absolute atomic E-state index is 4.38. The fourth-order valence-electron chi connectivity index (χ4n) is 5.57. The molecule has 1 unspecified atom stereocenters. The van der Waals surface area contributed by atoms with Gasteiger partial charge in [-0.3, -0.25) is 0 Å². The van der Waals surface area contributed by atoms with Crippen molar-refractivity contribution in [1.82, 2.24) is 0 Å². The normalized spacial score (nSPS) is 33.2. The maximum atomic E-state index is 4.38. The van der Waals surface area contributed by atoms with Crippen LogP contribution in [-0.4, -0.2) is 0 Å². The van der Waals surface area contributed by atoms with E-state index in [-0.39, 0.29) is 0 Å². The minimum Gasteiger partial charge on any atom is -0.0999 e. The summed E-state index contributed by atoms with van der Waals surface area (Å²) >= 11 is 0. The van der Waals surface area contributed by atoms with Crippen molar-refractivity contribution in [1.29, 1.82) is 0 Å². The second-order valence-electron chi connectivity index (χ2n) is 9.30. The van der Waals surface area contributed by atoms with Crippen LogP contribution >= 0.6 is 0 Å². The first kappa shape index (κ1) is 19.8. The van der Waals surface area contributed by atoms with Crippen molar-refractivity contribution < 1.29 is 0 Å². The fourth-order valence-corrected chi connectivity index (χ4v) is 5.57. The summed E-state index contributed by atoms with van der Waals surface area (Å²) in [6.45, 7) is 13.6. The quantitative estimate of drug-likeness (QED) is 0.415. The van der Waals surface area contributed by atoms with Crippen LogP contribution in [0.4, 0.5) is 0 Å². The summed E-state index contributed by atoms with van der Waals surface area (Å²) in [6.07, 6.45) is 18.2. The lowest BCUT2D eigenvalue weighted by molar-refractivity contribution is 0.192. The Morgan fingerprint density at radius 2 is 1.75 bits per heavy atom. The fraction of sp³-hybridized carbons (Fsp3) is 0.833. The Morgan fingerprint density at radius 1 is 1.04 bits per heavy atom. The minimum atomic E-state index is 0.797.